The summed E-state index contributed by atoms with van der Waals surface area (Å²) in [4.78, 5) is 34.1. The molecular formula is C15H20N4O4. The predicted octanol–water partition coefficient (Wildman–Crippen LogP) is 1.11. The molecule has 23 heavy (non-hydrogen) atoms. The van der Waals surface area contributed by atoms with Gasteiger partial charge in [-0.1, -0.05) is 18.2 Å². The Hall–Kier alpha value is -2.64. The Morgan fingerprint density at radius 3 is 2.91 bits per heavy atom. The van der Waals surface area contributed by atoms with E-state index in [-0.39, 0.29) is 18.1 Å². The molecule has 0 unspecified atom stereocenters. The van der Waals surface area contributed by atoms with Crippen molar-refractivity contribution in [2.24, 2.45) is 0 Å². The van der Waals surface area contributed by atoms with Crippen LogP contribution in [0.25, 0.3) is 0 Å². The van der Waals surface area contributed by atoms with E-state index in [1.165, 1.54) is 6.07 Å². The Bertz CT molecular complexity index is 591. The molecule has 0 aliphatic carbocycles. The summed E-state index contributed by atoms with van der Waals surface area (Å²) < 4.78 is 0. The minimum Gasteiger partial charge on any atom is -0.354 e. The van der Waals surface area contributed by atoms with Gasteiger partial charge in [0.2, 0.25) is 5.91 Å². The van der Waals surface area contributed by atoms with E-state index in [1.807, 2.05) is 0 Å². The third kappa shape index (κ3) is 4.94. The van der Waals surface area contributed by atoms with Crippen LogP contribution in [0.5, 0.6) is 0 Å². The van der Waals surface area contributed by atoms with Crippen LogP contribution in [0.1, 0.15) is 24.8 Å². The van der Waals surface area contributed by atoms with Gasteiger partial charge in [-0.25, -0.2) is 4.79 Å². The molecule has 1 aromatic rings. The van der Waals surface area contributed by atoms with Crippen LogP contribution >= 0.6 is 0 Å². The summed E-state index contributed by atoms with van der Waals surface area (Å²) in [6.45, 7) is 0.890. The Morgan fingerprint density at radius 2 is 2.13 bits per heavy atom. The molecule has 1 saturated heterocycles. The highest BCUT2D eigenvalue weighted by Gasteiger charge is 2.22. The number of carbonyl (C=O) groups is 2. The number of benzene rings is 1. The van der Waals surface area contributed by atoms with Crippen LogP contribution in [0.4, 0.5) is 10.5 Å². The fourth-order valence-electron chi connectivity index (χ4n) is 2.50. The Balaban J connectivity index is 1.81. The van der Waals surface area contributed by atoms with E-state index in [0.717, 1.165) is 12.8 Å². The number of hydrogen-bond acceptors (Lipinski definition) is 4. The molecule has 1 aromatic carbocycles. The van der Waals surface area contributed by atoms with Crippen LogP contribution in [0, 0.1) is 10.1 Å². The predicted molar refractivity (Wildman–Crippen MR) is 84.0 cm³/mol. The van der Waals surface area contributed by atoms with Gasteiger partial charge < -0.3 is 16.0 Å². The average Bonchev–Trinajstić information content (AvgIpc) is 2.72. The molecule has 124 valence electrons. The number of nitro groups is 1. The van der Waals surface area contributed by atoms with Crippen molar-refractivity contribution in [3.8, 4) is 0 Å². The van der Waals surface area contributed by atoms with E-state index in [2.05, 4.69) is 16.0 Å². The lowest BCUT2D eigenvalue weighted by Gasteiger charge is -2.15. The highest BCUT2D eigenvalue weighted by atomic mass is 16.6. The van der Waals surface area contributed by atoms with Gasteiger partial charge in [0.1, 0.15) is 6.04 Å². The Labute approximate surface area is 133 Å². The molecule has 0 bridgehead atoms. The molecule has 1 atom stereocenters. The quantitative estimate of drug-likeness (QED) is 0.557. The highest BCUT2D eigenvalue weighted by molar-refractivity contribution is 5.87. The monoisotopic (exact) mass is 320 g/mol. The summed E-state index contributed by atoms with van der Waals surface area (Å²) in [5.74, 6) is -0.170. The van der Waals surface area contributed by atoms with E-state index in [4.69, 9.17) is 0 Å². The van der Waals surface area contributed by atoms with Crippen molar-refractivity contribution < 1.29 is 14.5 Å². The van der Waals surface area contributed by atoms with Gasteiger partial charge >= 0.3 is 6.03 Å². The van der Waals surface area contributed by atoms with E-state index in [9.17, 15) is 19.7 Å². The molecule has 3 amide bonds. The number of rotatable bonds is 5. The average molecular weight is 320 g/mol. The van der Waals surface area contributed by atoms with Crippen molar-refractivity contribution in [2.45, 2.75) is 31.7 Å². The summed E-state index contributed by atoms with van der Waals surface area (Å²) in [5, 5.41) is 18.9. The molecule has 0 saturated carbocycles. The number of carbonyl (C=O) groups excluding carboxylic acids is 2. The first-order valence-electron chi connectivity index (χ1n) is 7.62. The Morgan fingerprint density at radius 1 is 1.35 bits per heavy atom. The maximum Gasteiger partial charge on any atom is 0.315 e. The maximum atomic E-state index is 11.8. The van der Waals surface area contributed by atoms with Crippen LogP contribution < -0.4 is 16.0 Å². The zero-order valence-electron chi connectivity index (χ0n) is 12.7. The van der Waals surface area contributed by atoms with Crippen molar-refractivity contribution in [1.29, 1.82) is 0 Å². The van der Waals surface area contributed by atoms with Crippen LogP contribution in [-0.2, 0) is 11.2 Å². The molecular weight excluding hydrogens is 300 g/mol. The third-order valence-electron chi connectivity index (χ3n) is 3.71. The van der Waals surface area contributed by atoms with Crippen molar-refractivity contribution in [3.05, 3.63) is 39.9 Å². The molecule has 1 aliphatic heterocycles. The zero-order valence-corrected chi connectivity index (χ0v) is 12.7. The normalized spacial score (nSPS) is 17.7. The fourth-order valence-corrected chi connectivity index (χ4v) is 2.50. The molecule has 8 nitrogen and oxygen atoms in total. The van der Waals surface area contributed by atoms with Gasteiger partial charge in [-0.2, -0.15) is 0 Å². The van der Waals surface area contributed by atoms with Gasteiger partial charge in [0.15, 0.2) is 0 Å². The second-order valence-corrected chi connectivity index (χ2v) is 5.38. The van der Waals surface area contributed by atoms with Gasteiger partial charge in [0.25, 0.3) is 5.69 Å². The minimum atomic E-state index is -0.524. The lowest BCUT2D eigenvalue weighted by molar-refractivity contribution is -0.385. The van der Waals surface area contributed by atoms with Crippen LogP contribution in [0.3, 0.4) is 0 Å². The SMILES string of the molecule is O=C(NCCc1ccccc1[N+](=O)[O-])N[C@H]1CCCCNC1=O. The molecule has 0 radical (unpaired) electrons. The first-order chi connectivity index (χ1) is 11.1. The molecule has 3 N–H and O–H groups in total. The first kappa shape index (κ1) is 16.7. The topological polar surface area (TPSA) is 113 Å². The lowest BCUT2D eigenvalue weighted by Crippen LogP contribution is -2.49. The molecule has 8 heteroatoms. The van der Waals surface area contributed by atoms with E-state index in [0.29, 0.717) is 24.9 Å². The minimum absolute atomic E-state index is 0.0397. The highest BCUT2D eigenvalue weighted by Crippen LogP contribution is 2.17. The van der Waals surface area contributed by atoms with Crippen molar-refractivity contribution in [2.75, 3.05) is 13.1 Å². The number of amides is 3. The summed E-state index contributed by atoms with van der Waals surface area (Å²) in [6, 6.07) is 5.46. The van der Waals surface area contributed by atoms with Crippen molar-refractivity contribution in [3.63, 3.8) is 0 Å². The van der Waals surface area contributed by atoms with Gasteiger partial charge in [-0.05, 0) is 25.7 Å². The molecule has 1 fully saturated rings. The number of urea groups is 1. The lowest BCUT2D eigenvalue weighted by atomic mass is 10.1. The number of hydrogen-bond donors (Lipinski definition) is 3. The van der Waals surface area contributed by atoms with Gasteiger partial charge in [0, 0.05) is 24.7 Å². The summed E-state index contributed by atoms with van der Waals surface area (Å²) in [7, 11) is 0. The summed E-state index contributed by atoms with van der Waals surface area (Å²) in [5.41, 5.74) is 0.600. The second kappa shape index (κ2) is 8.11. The fraction of sp³-hybridized carbons (Fsp3) is 0.467. The molecule has 2 rings (SSSR count). The van der Waals surface area contributed by atoms with E-state index in [1.54, 1.807) is 18.2 Å². The smallest absolute Gasteiger partial charge is 0.315 e. The maximum absolute atomic E-state index is 11.8. The summed E-state index contributed by atoms with van der Waals surface area (Å²) in [6.07, 6.45) is 2.74. The molecule has 0 spiro atoms. The second-order valence-electron chi connectivity index (χ2n) is 5.38. The third-order valence-corrected chi connectivity index (χ3v) is 3.71. The van der Waals surface area contributed by atoms with Crippen LogP contribution in [0.15, 0.2) is 24.3 Å². The first-order valence-corrected chi connectivity index (χ1v) is 7.62. The molecule has 0 aromatic heterocycles. The van der Waals surface area contributed by atoms with Crippen LogP contribution in [0.2, 0.25) is 0 Å². The van der Waals surface area contributed by atoms with Crippen LogP contribution in [-0.4, -0.2) is 36.0 Å². The molecule has 1 aliphatic rings. The number of para-hydroxylation sites is 1. The van der Waals surface area contributed by atoms with Gasteiger partial charge in [-0.15, -0.1) is 0 Å². The zero-order chi connectivity index (χ0) is 16.7. The van der Waals surface area contributed by atoms with Crippen molar-refractivity contribution >= 4 is 17.6 Å². The number of nitro benzene ring substituents is 1. The Kier molecular flexibility index (Phi) is 5.90. The van der Waals surface area contributed by atoms with Crippen molar-refractivity contribution in [1.82, 2.24) is 16.0 Å². The summed E-state index contributed by atoms with van der Waals surface area (Å²) >= 11 is 0. The number of nitrogens with zero attached hydrogens (tertiary/aromatic N) is 1. The van der Waals surface area contributed by atoms with E-state index >= 15 is 0 Å². The molecule has 1 heterocycles. The number of nitrogens with one attached hydrogen (secondary N) is 3. The standard InChI is InChI=1S/C15H20N4O4/c20-14-12(6-3-4-9-16-14)18-15(21)17-10-8-11-5-1-2-7-13(11)19(22)23/h1-2,5,7,12H,3-4,6,8-10H2,(H,16,20)(H2,17,18,21)/t12-/m0/s1. The van der Waals surface area contributed by atoms with E-state index < -0.39 is 17.0 Å². The van der Waals surface area contributed by atoms with Gasteiger partial charge in [0.05, 0.1) is 4.92 Å². The largest absolute Gasteiger partial charge is 0.354 e. The van der Waals surface area contributed by atoms with Gasteiger partial charge in [-0.3, -0.25) is 14.9 Å².